The molecule has 2 aliphatic heterocycles. The number of fused-ring (bicyclic) bond motifs is 2. The summed E-state index contributed by atoms with van der Waals surface area (Å²) < 4.78 is 8.80. The van der Waals surface area contributed by atoms with Gasteiger partial charge < -0.3 is 45.0 Å². The van der Waals surface area contributed by atoms with Crippen molar-refractivity contribution in [2.45, 2.75) is 41.0 Å². The number of nitro groups is 1. The van der Waals surface area contributed by atoms with Crippen LogP contribution in [0.4, 0.5) is 11.6 Å². The standard InChI is InChI=1S/C11H16N4O4.C9H7N7O2S/c16-3-8-6(17)1-9(19-8)15-5-14-10-7(18)2-12-4-13-11(10)15;1-15-4-14-7(16(17)18)9(15)19-8-5-6(11-2-10-5)12-3-13-8/h4-9,16-18H,1-3H2,(H,12,13);2-4H,1H3,(H,10,11,12,13)/t6-,7+,8+,9+;/m0./s1. The molecule has 1 saturated heterocycles. The van der Waals surface area contributed by atoms with Gasteiger partial charge in [0.2, 0.25) is 6.33 Å². The van der Waals surface area contributed by atoms with Gasteiger partial charge in [-0.1, -0.05) is 0 Å². The van der Waals surface area contributed by atoms with E-state index < -0.39 is 29.5 Å². The minimum absolute atomic E-state index is 0.196. The van der Waals surface area contributed by atoms with E-state index in [1.54, 1.807) is 16.2 Å². The van der Waals surface area contributed by atoms with E-state index in [1.807, 2.05) is 0 Å². The molecular weight excluding hydrogens is 522 g/mol. The first kappa shape index (κ1) is 25.7. The molecule has 0 unspecified atom stereocenters. The van der Waals surface area contributed by atoms with Crippen LogP contribution in [0, 0.1) is 10.1 Å². The number of aliphatic imine (C=N–C) groups is 1. The maximum atomic E-state index is 10.9. The van der Waals surface area contributed by atoms with Crippen LogP contribution in [0.5, 0.6) is 0 Å². The highest BCUT2D eigenvalue weighted by Crippen LogP contribution is 2.36. The molecule has 6 heterocycles. The SMILES string of the molecule is Cn1cnc([N+](=O)[O-])c1Sc1ncnc2nc[nH]c12.OC[C@H]1O[C@@H](n2cnc3c2N=CNC[C@H]3O)C[C@@H]1O. The van der Waals surface area contributed by atoms with Gasteiger partial charge in [0, 0.05) is 20.0 Å². The molecule has 2 aliphatic rings. The van der Waals surface area contributed by atoms with E-state index in [2.05, 4.69) is 40.2 Å². The molecule has 4 atom stereocenters. The first-order valence-corrected chi connectivity index (χ1v) is 12.1. The van der Waals surface area contributed by atoms with Gasteiger partial charge in [-0.25, -0.2) is 24.9 Å². The lowest BCUT2D eigenvalue weighted by Gasteiger charge is -2.14. The number of nitrogens with zero attached hydrogens (tertiary/aromatic N) is 9. The monoisotopic (exact) mass is 545 g/mol. The number of aliphatic hydroxyl groups is 3. The van der Waals surface area contributed by atoms with Crippen molar-refractivity contribution < 1.29 is 25.0 Å². The molecule has 0 aliphatic carbocycles. The second-order valence-electron chi connectivity index (χ2n) is 8.28. The molecule has 0 bridgehead atoms. The summed E-state index contributed by atoms with van der Waals surface area (Å²) in [5.74, 6) is 0.312. The summed E-state index contributed by atoms with van der Waals surface area (Å²) in [6, 6.07) is 0. The van der Waals surface area contributed by atoms with E-state index in [4.69, 9.17) is 9.84 Å². The summed E-state index contributed by atoms with van der Waals surface area (Å²) >= 11 is 1.15. The van der Waals surface area contributed by atoms with Crippen LogP contribution >= 0.6 is 11.8 Å². The predicted molar refractivity (Wildman–Crippen MR) is 131 cm³/mol. The molecule has 0 saturated carbocycles. The third-order valence-corrected chi connectivity index (χ3v) is 6.98. The van der Waals surface area contributed by atoms with Crippen molar-refractivity contribution >= 4 is 40.9 Å². The van der Waals surface area contributed by atoms with Crippen molar-refractivity contribution in [2.24, 2.45) is 12.0 Å². The van der Waals surface area contributed by atoms with Gasteiger partial charge in [0.15, 0.2) is 16.5 Å². The van der Waals surface area contributed by atoms with Gasteiger partial charge >= 0.3 is 5.82 Å². The number of imidazole rings is 3. The maximum absolute atomic E-state index is 10.9. The number of β-amino-alcohol motifs (C(OH)–C–C–N with tert-alkyl or cyclic N) is 1. The summed E-state index contributed by atoms with van der Waals surface area (Å²) in [7, 11) is 1.69. The molecule has 17 nitrogen and oxygen atoms in total. The lowest BCUT2D eigenvalue weighted by Crippen LogP contribution is -2.24. The minimum Gasteiger partial charge on any atom is -0.394 e. The fourth-order valence-corrected chi connectivity index (χ4v) is 4.87. The molecule has 4 aromatic rings. The number of aliphatic hydroxyl groups excluding tert-OH is 3. The van der Waals surface area contributed by atoms with Crippen molar-refractivity contribution in [3.8, 4) is 0 Å². The summed E-state index contributed by atoms with van der Waals surface area (Å²) in [4.78, 5) is 37.5. The number of H-pyrrole nitrogens is 1. The van der Waals surface area contributed by atoms with Crippen molar-refractivity contribution in [3.05, 3.63) is 41.1 Å². The number of nitrogens with one attached hydrogen (secondary N) is 2. The van der Waals surface area contributed by atoms with Gasteiger partial charge in [-0.3, -0.25) is 4.57 Å². The largest absolute Gasteiger partial charge is 0.396 e. The van der Waals surface area contributed by atoms with Crippen LogP contribution < -0.4 is 5.32 Å². The highest BCUT2D eigenvalue weighted by atomic mass is 32.2. The van der Waals surface area contributed by atoms with Crippen molar-refractivity contribution in [2.75, 3.05) is 13.2 Å². The fourth-order valence-electron chi connectivity index (χ4n) is 3.93. The van der Waals surface area contributed by atoms with Gasteiger partial charge in [-0.15, -0.1) is 0 Å². The Bertz CT molecular complexity index is 1470. The highest BCUT2D eigenvalue weighted by Gasteiger charge is 2.36. The van der Waals surface area contributed by atoms with E-state index in [0.29, 0.717) is 45.7 Å². The molecule has 0 radical (unpaired) electrons. The molecule has 38 heavy (non-hydrogen) atoms. The summed E-state index contributed by atoms with van der Waals surface area (Å²) in [5, 5.41) is 43.5. The van der Waals surface area contributed by atoms with Crippen molar-refractivity contribution in [1.29, 1.82) is 0 Å². The zero-order valence-corrected chi connectivity index (χ0v) is 20.6. The molecule has 0 amide bonds. The molecule has 6 rings (SSSR count). The second-order valence-corrected chi connectivity index (χ2v) is 9.26. The van der Waals surface area contributed by atoms with Gasteiger partial charge in [0.1, 0.15) is 41.0 Å². The van der Waals surface area contributed by atoms with Crippen LogP contribution in [0.25, 0.3) is 11.2 Å². The second kappa shape index (κ2) is 10.8. The topological polar surface area (TPSA) is 228 Å². The Labute approximate surface area is 217 Å². The van der Waals surface area contributed by atoms with Crippen LogP contribution in [0.1, 0.15) is 24.4 Å². The first-order valence-electron chi connectivity index (χ1n) is 11.3. The van der Waals surface area contributed by atoms with Gasteiger partial charge in [-0.2, -0.15) is 0 Å². The molecule has 4 aromatic heterocycles. The Morgan fingerprint density at radius 1 is 1.24 bits per heavy atom. The molecule has 1 fully saturated rings. The van der Waals surface area contributed by atoms with Gasteiger partial charge in [0.25, 0.3) is 0 Å². The number of aromatic amines is 1. The van der Waals surface area contributed by atoms with Gasteiger partial charge in [-0.05, 0) is 21.7 Å². The Balaban J connectivity index is 0.000000155. The molecule has 0 aromatic carbocycles. The average Bonchev–Trinajstić information content (AvgIpc) is 3.67. The van der Waals surface area contributed by atoms with Crippen molar-refractivity contribution in [3.63, 3.8) is 0 Å². The summed E-state index contributed by atoms with van der Waals surface area (Å²) in [6.07, 6.45) is 5.17. The van der Waals surface area contributed by atoms with Crippen LogP contribution in [0.15, 0.2) is 40.4 Å². The van der Waals surface area contributed by atoms with E-state index in [-0.39, 0.29) is 12.4 Å². The van der Waals surface area contributed by atoms with Crippen LogP contribution in [-0.4, -0.2) is 91.0 Å². The van der Waals surface area contributed by atoms with E-state index >= 15 is 0 Å². The summed E-state index contributed by atoms with van der Waals surface area (Å²) in [6.45, 7) is 0.114. The lowest BCUT2D eigenvalue weighted by atomic mass is 10.2. The third-order valence-electron chi connectivity index (χ3n) is 5.81. The quantitative estimate of drug-likeness (QED) is 0.126. The molecular formula is C20H23N11O6S. The number of aryl methyl sites for hydroxylation is 1. The van der Waals surface area contributed by atoms with E-state index in [9.17, 15) is 20.3 Å². The van der Waals surface area contributed by atoms with Crippen molar-refractivity contribution in [1.82, 2.24) is 44.4 Å². The number of hydrogen-bond acceptors (Lipinski definition) is 14. The average molecular weight is 546 g/mol. The Kier molecular flexibility index (Phi) is 7.29. The number of rotatable bonds is 5. The first-order chi connectivity index (χ1) is 18.4. The molecule has 18 heteroatoms. The zero-order chi connectivity index (χ0) is 26.8. The fraction of sp³-hybridized carbons (Fsp3) is 0.400. The number of hydrogen-bond donors (Lipinski definition) is 5. The molecule has 200 valence electrons. The highest BCUT2D eigenvalue weighted by molar-refractivity contribution is 7.99. The predicted octanol–water partition coefficient (Wildman–Crippen LogP) is -0.0340. The number of ether oxygens (including phenoxy) is 1. The lowest BCUT2D eigenvalue weighted by molar-refractivity contribution is -0.392. The normalized spacial score (nSPS) is 22.4. The van der Waals surface area contributed by atoms with Gasteiger partial charge in [0.05, 0.1) is 31.7 Å². The number of aromatic nitrogens is 8. The van der Waals surface area contributed by atoms with Crippen LogP contribution in [0.3, 0.4) is 0 Å². The third kappa shape index (κ3) is 4.94. The zero-order valence-electron chi connectivity index (χ0n) is 19.8. The molecule has 0 spiro atoms. The van der Waals surface area contributed by atoms with Crippen LogP contribution in [0.2, 0.25) is 0 Å². The van der Waals surface area contributed by atoms with E-state index in [0.717, 1.165) is 11.8 Å². The Morgan fingerprint density at radius 2 is 2.08 bits per heavy atom. The maximum Gasteiger partial charge on any atom is 0.396 e. The van der Waals surface area contributed by atoms with E-state index in [1.165, 1.54) is 31.6 Å². The van der Waals surface area contributed by atoms with Crippen LogP contribution in [-0.2, 0) is 11.8 Å². The molecule has 5 N–H and O–H groups in total. The Morgan fingerprint density at radius 3 is 2.84 bits per heavy atom. The smallest absolute Gasteiger partial charge is 0.394 e. The summed E-state index contributed by atoms with van der Waals surface area (Å²) in [5.41, 5.74) is 1.64. The Hall–Kier alpha value is -3.97. The minimum atomic E-state index is -0.737.